The number of nitrogens with one attached hydrogen (secondary N) is 1. The smallest absolute Gasteiger partial charge is 0.319 e. The second-order valence-corrected chi connectivity index (χ2v) is 5.98. The Balaban J connectivity index is 1.69. The molecule has 5 heteroatoms. The summed E-state index contributed by atoms with van der Waals surface area (Å²) in [4.78, 5) is 26.4. The number of halogens is 1. The van der Waals surface area contributed by atoms with Gasteiger partial charge in [-0.15, -0.1) is 0 Å². The highest BCUT2D eigenvalue weighted by Crippen LogP contribution is 2.41. The molecular weight excluding hydrogens is 295 g/mol. The standard InChI is InChI=1S/C18H15FN2O2/c19-15-8-4-2-6-13(15)11-21-16(22)18(20-17(21)23)10-9-12-5-1-3-7-14(12)18/h1-8H,9-11H2,(H,20,23)/t18-/m0/s1. The van der Waals surface area contributed by atoms with Gasteiger partial charge < -0.3 is 5.32 Å². The summed E-state index contributed by atoms with van der Waals surface area (Å²) in [5.74, 6) is -0.712. The van der Waals surface area contributed by atoms with Gasteiger partial charge >= 0.3 is 6.03 Å². The number of carbonyl (C=O) groups is 2. The van der Waals surface area contributed by atoms with Crippen LogP contribution in [0.25, 0.3) is 0 Å². The highest BCUT2D eigenvalue weighted by molar-refractivity contribution is 6.08. The quantitative estimate of drug-likeness (QED) is 0.867. The zero-order valence-electron chi connectivity index (χ0n) is 12.4. The predicted octanol–water partition coefficient (Wildman–Crippen LogP) is 2.72. The molecule has 1 aliphatic carbocycles. The average Bonchev–Trinajstić information content (AvgIpc) is 3.04. The highest BCUT2D eigenvalue weighted by atomic mass is 19.1. The SMILES string of the molecule is O=C1N[C@]2(CCc3ccccc32)C(=O)N1Cc1ccccc1F. The minimum Gasteiger partial charge on any atom is -0.319 e. The van der Waals surface area contributed by atoms with Gasteiger partial charge in [-0.2, -0.15) is 0 Å². The van der Waals surface area contributed by atoms with E-state index in [4.69, 9.17) is 0 Å². The monoisotopic (exact) mass is 310 g/mol. The normalized spacial score (nSPS) is 22.6. The van der Waals surface area contributed by atoms with Crippen molar-refractivity contribution in [3.05, 3.63) is 71.0 Å². The van der Waals surface area contributed by atoms with Gasteiger partial charge in [0.2, 0.25) is 0 Å². The number of nitrogens with zero attached hydrogens (tertiary/aromatic N) is 1. The van der Waals surface area contributed by atoms with Gasteiger partial charge in [0, 0.05) is 5.56 Å². The van der Waals surface area contributed by atoms with Gasteiger partial charge in [0.05, 0.1) is 6.54 Å². The van der Waals surface area contributed by atoms with Crippen LogP contribution in [0.5, 0.6) is 0 Å². The van der Waals surface area contributed by atoms with Crippen LogP contribution < -0.4 is 5.32 Å². The molecular formula is C18H15FN2O2. The number of aryl methyl sites for hydroxylation is 1. The summed E-state index contributed by atoms with van der Waals surface area (Å²) in [6, 6.07) is 13.4. The molecule has 0 aromatic heterocycles. The maximum absolute atomic E-state index is 13.8. The van der Waals surface area contributed by atoms with Crippen LogP contribution in [0, 0.1) is 5.82 Å². The van der Waals surface area contributed by atoms with Crippen molar-refractivity contribution in [3.8, 4) is 0 Å². The van der Waals surface area contributed by atoms with Crippen molar-refractivity contribution in [1.29, 1.82) is 0 Å². The molecule has 23 heavy (non-hydrogen) atoms. The number of fused-ring (bicyclic) bond motifs is 2. The largest absolute Gasteiger partial charge is 0.325 e. The molecule has 1 atom stereocenters. The lowest BCUT2D eigenvalue weighted by molar-refractivity contribution is -0.132. The topological polar surface area (TPSA) is 49.4 Å². The first kappa shape index (κ1) is 13.9. The lowest BCUT2D eigenvalue weighted by Crippen LogP contribution is -2.41. The summed E-state index contributed by atoms with van der Waals surface area (Å²) >= 11 is 0. The summed E-state index contributed by atoms with van der Waals surface area (Å²) in [7, 11) is 0. The number of rotatable bonds is 2. The predicted molar refractivity (Wildman–Crippen MR) is 81.9 cm³/mol. The Bertz CT molecular complexity index is 820. The summed E-state index contributed by atoms with van der Waals surface area (Å²) in [5.41, 5.74) is 1.28. The number of benzene rings is 2. The highest BCUT2D eigenvalue weighted by Gasteiger charge is 2.55. The zero-order chi connectivity index (χ0) is 16.0. The lowest BCUT2D eigenvalue weighted by Gasteiger charge is -2.22. The third kappa shape index (κ3) is 1.96. The van der Waals surface area contributed by atoms with Crippen molar-refractivity contribution in [3.63, 3.8) is 0 Å². The third-order valence-electron chi connectivity index (χ3n) is 4.71. The Labute approximate surface area is 132 Å². The second-order valence-electron chi connectivity index (χ2n) is 5.98. The fourth-order valence-corrected chi connectivity index (χ4v) is 3.53. The van der Waals surface area contributed by atoms with Crippen molar-refractivity contribution in [2.75, 3.05) is 0 Å². The van der Waals surface area contributed by atoms with E-state index in [1.54, 1.807) is 18.2 Å². The van der Waals surface area contributed by atoms with Crippen molar-refractivity contribution < 1.29 is 14.0 Å². The van der Waals surface area contributed by atoms with Gasteiger partial charge in [0.1, 0.15) is 11.4 Å². The van der Waals surface area contributed by atoms with Gasteiger partial charge in [-0.25, -0.2) is 9.18 Å². The van der Waals surface area contributed by atoms with Crippen LogP contribution in [0.2, 0.25) is 0 Å². The maximum atomic E-state index is 13.8. The van der Waals surface area contributed by atoms with Gasteiger partial charge in [-0.05, 0) is 30.0 Å². The fraction of sp³-hybridized carbons (Fsp3) is 0.222. The van der Waals surface area contributed by atoms with Crippen LogP contribution in [0.1, 0.15) is 23.1 Å². The Morgan fingerprint density at radius 3 is 2.65 bits per heavy atom. The molecule has 1 spiro atoms. The van der Waals surface area contributed by atoms with E-state index in [0.717, 1.165) is 22.4 Å². The minimum absolute atomic E-state index is 0.0543. The van der Waals surface area contributed by atoms with Crippen LogP contribution >= 0.6 is 0 Å². The summed E-state index contributed by atoms with van der Waals surface area (Å²) < 4.78 is 13.8. The molecule has 4 nitrogen and oxygen atoms in total. The van der Waals surface area contributed by atoms with Gasteiger partial charge in [-0.3, -0.25) is 9.69 Å². The fourth-order valence-electron chi connectivity index (χ4n) is 3.53. The molecule has 2 aromatic carbocycles. The molecule has 1 aliphatic heterocycles. The molecule has 0 saturated carbocycles. The van der Waals surface area contributed by atoms with Crippen LogP contribution in [0.15, 0.2) is 48.5 Å². The molecule has 2 aliphatic rings. The van der Waals surface area contributed by atoms with Crippen molar-refractivity contribution in [1.82, 2.24) is 10.2 Å². The van der Waals surface area contributed by atoms with E-state index in [1.807, 2.05) is 24.3 Å². The number of imide groups is 1. The Kier molecular flexibility index (Phi) is 2.98. The van der Waals surface area contributed by atoms with Gasteiger partial charge in [-0.1, -0.05) is 42.5 Å². The van der Waals surface area contributed by atoms with Crippen molar-refractivity contribution in [2.45, 2.75) is 24.9 Å². The Morgan fingerprint density at radius 1 is 1.09 bits per heavy atom. The maximum Gasteiger partial charge on any atom is 0.325 e. The van der Waals surface area contributed by atoms with Gasteiger partial charge in [0.15, 0.2) is 0 Å². The molecule has 1 heterocycles. The number of urea groups is 1. The van der Waals surface area contributed by atoms with E-state index in [0.29, 0.717) is 12.0 Å². The van der Waals surface area contributed by atoms with E-state index in [1.165, 1.54) is 6.07 Å². The number of amides is 3. The third-order valence-corrected chi connectivity index (χ3v) is 4.71. The van der Waals surface area contributed by atoms with Crippen molar-refractivity contribution in [2.24, 2.45) is 0 Å². The van der Waals surface area contributed by atoms with E-state index in [2.05, 4.69) is 5.32 Å². The zero-order valence-corrected chi connectivity index (χ0v) is 12.4. The van der Waals surface area contributed by atoms with Crippen LogP contribution in [0.4, 0.5) is 9.18 Å². The minimum atomic E-state index is -0.987. The molecule has 0 bridgehead atoms. The first-order chi connectivity index (χ1) is 11.1. The van der Waals surface area contributed by atoms with Crippen molar-refractivity contribution >= 4 is 11.9 Å². The summed E-state index contributed by atoms with van der Waals surface area (Å²) in [6.45, 7) is -0.0543. The summed E-state index contributed by atoms with van der Waals surface area (Å²) in [6.07, 6.45) is 1.29. The molecule has 1 N–H and O–H groups in total. The Morgan fingerprint density at radius 2 is 1.83 bits per heavy atom. The summed E-state index contributed by atoms with van der Waals surface area (Å²) in [5, 5.41) is 2.84. The molecule has 1 saturated heterocycles. The Hall–Kier alpha value is -2.69. The van der Waals surface area contributed by atoms with E-state index >= 15 is 0 Å². The average molecular weight is 310 g/mol. The van der Waals surface area contributed by atoms with E-state index in [-0.39, 0.29) is 12.5 Å². The number of hydrogen-bond donors (Lipinski definition) is 1. The molecule has 2 aromatic rings. The number of carbonyl (C=O) groups excluding carboxylic acids is 2. The number of hydrogen-bond acceptors (Lipinski definition) is 2. The second kappa shape index (κ2) is 4.91. The lowest BCUT2D eigenvalue weighted by atomic mass is 9.92. The van der Waals surface area contributed by atoms with Gasteiger partial charge in [0.25, 0.3) is 5.91 Å². The van der Waals surface area contributed by atoms with Crippen LogP contribution in [0.3, 0.4) is 0 Å². The molecule has 116 valence electrons. The van der Waals surface area contributed by atoms with E-state index in [9.17, 15) is 14.0 Å². The van der Waals surface area contributed by atoms with Crippen LogP contribution in [-0.2, 0) is 23.3 Å². The first-order valence-corrected chi connectivity index (χ1v) is 7.58. The molecule has 0 radical (unpaired) electrons. The molecule has 4 rings (SSSR count). The molecule has 3 amide bonds. The van der Waals surface area contributed by atoms with Crippen LogP contribution in [-0.4, -0.2) is 16.8 Å². The molecule has 1 fully saturated rings. The van der Waals surface area contributed by atoms with E-state index < -0.39 is 17.4 Å². The molecule has 0 unspecified atom stereocenters. The first-order valence-electron chi connectivity index (χ1n) is 7.58.